The number of benzene rings is 2. The summed E-state index contributed by atoms with van der Waals surface area (Å²) in [6.07, 6.45) is -3.19. The lowest BCUT2D eigenvalue weighted by molar-refractivity contribution is -0.137. The van der Waals surface area contributed by atoms with Gasteiger partial charge in [-0.1, -0.05) is 17.7 Å². The van der Waals surface area contributed by atoms with Crippen molar-refractivity contribution in [1.29, 1.82) is 5.26 Å². The van der Waals surface area contributed by atoms with Gasteiger partial charge in [-0.15, -0.1) is 0 Å². The van der Waals surface area contributed by atoms with Crippen molar-refractivity contribution in [2.24, 2.45) is 0 Å². The average molecular weight is 440 g/mol. The molecule has 0 amide bonds. The molecule has 3 aromatic rings. The first-order chi connectivity index (χ1) is 13.8. The molecule has 29 heavy (non-hydrogen) atoms. The average Bonchev–Trinajstić information content (AvgIpc) is 2.68. The maximum absolute atomic E-state index is 13.0. The number of hydrogen-bond donors (Lipinski definition) is 0. The molecule has 0 radical (unpaired) electrons. The lowest BCUT2D eigenvalue weighted by Crippen LogP contribution is -2.06. The molecule has 148 valence electrons. The Morgan fingerprint density at radius 2 is 1.86 bits per heavy atom. The summed E-state index contributed by atoms with van der Waals surface area (Å²) in [7, 11) is 0. The van der Waals surface area contributed by atoms with Crippen molar-refractivity contribution in [3.63, 3.8) is 0 Å². The molecule has 5 nitrogen and oxygen atoms in total. The second-order valence-electron chi connectivity index (χ2n) is 5.64. The topological polar surface area (TPSA) is 68.0 Å². The first-order valence-corrected chi connectivity index (χ1v) is 8.71. The van der Waals surface area contributed by atoms with Gasteiger partial charge in [0.25, 0.3) is 0 Å². The van der Waals surface area contributed by atoms with Crippen molar-refractivity contribution in [2.75, 3.05) is 0 Å². The number of hydrogen-bond acceptors (Lipinski definition) is 5. The molecule has 10 heteroatoms. The Labute approximate surface area is 173 Å². The molecule has 0 aliphatic carbocycles. The summed E-state index contributed by atoms with van der Waals surface area (Å²) >= 11 is 11.3. The maximum atomic E-state index is 13.0. The van der Waals surface area contributed by atoms with E-state index in [9.17, 15) is 18.4 Å². The minimum atomic E-state index is -4.63. The van der Waals surface area contributed by atoms with E-state index in [4.69, 9.17) is 32.7 Å². The number of aromatic nitrogens is 2. The minimum Gasteiger partial charge on any atom is -0.473 e. The normalized spacial score (nSPS) is 11.0. The first-order valence-electron chi connectivity index (χ1n) is 7.95. The van der Waals surface area contributed by atoms with Gasteiger partial charge in [-0.25, -0.2) is 4.98 Å². The van der Waals surface area contributed by atoms with E-state index in [0.29, 0.717) is 5.56 Å². The van der Waals surface area contributed by atoms with Gasteiger partial charge in [-0.3, -0.25) is 0 Å². The Kier molecular flexibility index (Phi) is 6.11. The Bertz CT molecular complexity index is 1090. The zero-order valence-corrected chi connectivity index (χ0v) is 15.9. The van der Waals surface area contributed by atoms with E-state index in [1.165, 1.54) is 30.5 Å². The lowest BCUT2D eigenvalue weighted by Gasteiger charge is -2.13. The molecule has 0 fully saturated rings. The van der Waals surface area contributed by atoms with Crippen molar-refractivity contribution >= 4 is 23.2 Å². The molecule has 0 spiro atoms. The molecular formula is C19H10Cl2F3N3O2. The van der Waals surface area contributed by atoms with Gasteiger partial charge in [-0.05, 0) is 47.5 Å². The van der Waals surface area contributed by atoms with E-state index in [2.05, 4.69) is 9.97 Å². The first kappa shape index (κ1) is 20.7. The van der Waals surface area contributed by atoms with E-state index < -0.39 is 16.8 Å². The Morgan fingerprint density at radius 1 is 1.07 bits per heavy atom. The fraction of sp³-hybridized carbons (Fsp3) is 0.105. The third-order valence-corrected chi connectivity index (χ3v) is 4.13. The van der Waals surface area contributed by atoms with Crippen molar-refractivity contribution in [2.45, 2.75) is 12.8 Å². The van der Waals surface area contributed by atoms with Crippen molar-refractivity contribution < 1.29 is 22.6 Å². The van der Waals surface area contributed by atoms with Crippen LogP contribution in [0.25, 0.3) is 0 Å². The van der Waals surface area contributed by atoms with Gasteiger partial charge in [0.05, 0.1) is 16.1 Å². The van der Waals surface area contributed by atoms with Gasteiger partial charge in [0.15, 0.2) is 0 Å². The fourth-order valence-electron chi connectivity index (χ4n) is 2.31. The highest BCUT2D eigenvalue weighted by atomic mass is 35.5. The molecule has 0 bridgehead atoms. The quantitative estimate of drug-likeness (QED) is 0.452. The lowest BCUT2D eigenvalue weighted by atomic mass is 10.1. The zero-order chi connectivity index (χ0) is 21.0. The van der Waals surface area contributed by atoms with Crippen LogP contribution in [0.3, 0.4) is 0 Å². The van der Waals surface area contributed by atoms with Crippen LogP contribution in [-0.2, 0) is 12.8 Å². The third-order valence-electron chi connectivity index (χ3n) is 3.62. The second kappa shape index (κ2) is 8.55. The molecule has 0 saturated heterocycles. The molecule has 0 aliphatic rings. The van der Waals surface area contributed by atoms with Crippen LogP contribution < -0.4 is 9.47 Å². The summed E-state index contributed by atoms with van der Waals surface area (Å²) in [5.74, 6) is 0.249. The predicted molar refractivity (Wildman–Crippen MR) is 99.1 cm³/mol. The summed E-state index contributed by atoms with van der Waals surface area (Å²) in [6.45, 7) is 0.0848. The van der Waals surface area contributed by atoms with Crippen LogP contribution in [0.15, 0.2) is 48.7 Å². The fourth-order valence-corrected chi connectivity index (χ4v) is 2.68. The van der Waals surface area contributed by atoms with Crippen LogP contribution in [0.5, 0.6) is 17.4 Å². The number of ether oxygens (including phenoxy) is 2. The van der Waals surface area contributed by atoms with Crippen molar-refractivity contribution in [3.05, 3.63) is 75.7 Å². The molecule has 1 heterocycles. The Balaban J connectivity index is 1.78. The van der Waals surface area contributed by atoms with Gasteiger partial charge in [0.1, 0.15) is 24.2 Å². The summed E-state index contributed by atoms with van der Waals surface area (Å²) in [5, 5.41) is 8.95. The molecule has 0 aliphatic heterocycles. The van der Waals surface area contributed by atoms with E-state index >= 15 is 0 Å². The van der Waals surface area contributed by atoms with E-state index in [-0.39, 0.29) is 34.8 Å². The maximum Gasteiger partial charge on any atom is 0.417 e. The molecule has 1 aromatic heterocycles. The minimum absolute atomic E-state index is 0.0325. The van der Waals surface area contributed by atoms with Crippen LogP contribution in [0.1, 0.15) is 16.7 Å². The summed E-state index contributed by atoms with van der Waals surface area (Å²) < 4.78 is 49.9. The van der Waals surface area contributed by atoms with Crippen LogP contribution in [0, 0.1) is 11.3 Å². The highest BCUT2D eigenvalue weighted by molar-refractivity contribution is 6.31. The molecular weight excluding hydrogens is 430 g/mol. The van der Waals surface area contributed by atoms with Crippen molar-refractivity contribution in [1.82, 2.24) is 9.97 Å². The standard InChI is InChI=1S/C19H10Cl2F3N3O2/c20-15-3-2-13(8-14(15)19(22,23)24)29-16-4-1-11(7-12(16)9-25)10-28-17-5-6-26-18(21)27-17/h1-8H,10H2. The second-order valence-corrected chi connectivity index (χ2v) is 6.38. The van der Waals surface area contributed by atoms with E-state index in [0.717, 1.165) is 12.1 Å². The smallest absolute Gasteiger partial charge is 0.417 e. The summed E-state index contributed by atoms with van der Waals surface area (Å²) in [5.41, 5.74) is -0.283. The third kappa shape index (κ3) is 5.28. The summed E-state index contributed by atoms with van der Waals surface area (Å²) in [4.78, 5) is 7.62. The molecule has 3 rings (SSSR count). The molecule has 0 N–H and O–H groups in total. The molecule has 2 aromatic carbocycles. The van der Waals surface area contributed by atoms with Crippen LogP contribution in [0.4, 0.5) is 13.2 Å². The number of halogens is 5. The SMILES string of the molecule is N#Cc1cc(COc2ccnc(Cl)n2)ccc1Oc1ccc(Cl)c(C(F)(F)F)c1. The largest absolute Gasteiger partial charge is 0.473 e. The Hall–Kier alpha value is -3.02. The predicted octanol–water partition coefficient (Wildman–Crippen LogP) is 6.05. The monoisotopic (exact) mass is 439 g/mol. The molecule has 0 unspecified atom stereocenters. The van der Waals surface area contributed by atoms with Gasteiger partial charge in [-0.2, -0.15) is 23.4 Å². The number of alkyl halides is 3. The number of rotatable bonds is 5. The highest BCUT2D eigenvalue weighted by Gasteiger charge is 2.33. The zero-order valence-electron chi connectivity index (χ0n) is 14.4. The highest BCUT2D eigenvalue weighted by Crippen LogP contribution is 2.38. The van der Waals surface area contributed by atoms with Crippen LogP contribution in [-0.4, -0.2) is 9.97 Å². The van der Waals surface area contributed by atoms with Gasteiger partial charge in [0, 0.05) is 12.3 Å². The van der Waals surface area contributed by atoms with E-state index in [1.54, 1.807) is 6.07 Å². The molecule has 0 saturated carbocycles. The van der Waals surface area contributed by atoms with Gasteiger partial charge < -0.3 is 9.47 Å². The van der Waals surface area contributed by atoms with Crippen LogP contribution >= 0.6 is 23.2 Å². The summed E-state index contributed by atoms with van der Waals surface area (Å²) in [6, 6.07) is 11.2. The number of nitriles is 1. The van der Waals surface area contributed by atoms with Crippen molar-refractivity contribution in [3.8, 4) is 23.4 Å². The van der Waals surface area contributed by atoms with E-state index in [1.807, 2.05) is 6.07 Å². The number of nitrogens with zero attached hydrogens (tertiary/aromatic N) is 3. The van der Waals surface area contributed by atoms with Gasteiger partial charge >= 0.3 is 6.18 Å². The van der Waals surface area contributed by atoms with Crippen LogP contribution in [0.2, 0.25) is 10.3 Å². The van der Waals surface area contributed by atoms with Gasteiger partial charge in [0.2, 0.25) is 11.2 Å². The Morgan fingerprint density at radius 3 is 2.55 bits per heavy atom. The molecule has 0 atom stereocenters.